The molecule has 1 heterocycles. The number of carbonyl (C=O) groups is 1. The van der Waals surface area contributed by atoms with Crippen LogP contribution in [-0.4, -0.2) is 42.4 Å². The minimum atomic E-state index is -0.0591. The molecule has 4 nitrogen and oxygen atoms in total. The molecule has 0 N–H and O–H groups in total. The Labute approximate surface area is 136 Å². The van der Waals surface area contributed by atoms with Crippen molar-refractivity contribution >= 4 is 5.91 Å². The number of likely N-dealkylation sites (N-methyl/N-ethyl adjacent to an activating group) is 1. The van der Waals surface area contributed by atoms with Gasteiger partial charge in [0.15, 0.2) is 0 Å². The number of carbonyl (C=O) groups excluding carboxylic acids is 1. The lowest BCUT2D eigenvalue weighted by Crippen LogP contribution is -2.49. The molecule has 0 saturated carbocycles. The van der Waals surface area contributed by atoms with Gasteiger partial charge in [0.1, 0.15) is 0 Å². The third-order valence-corrected chi connectivity index (χ3v) is 4.40. The highest BCUT2D eigenvalue weighted by molar-refractivity contribution is 5.96. The average Bonchev–Trinajstić information content (AvgIpc) is 2.62. The van der Waals surface area contributed by atoms with E-state index in [0.29, 0.717) is 24.2 Å². The quantitative estimate of drug-likeness (QED) is 0.857. The summed E-state index contributed by atoms with van der Waals surface area (Å²) in [5.74, 6) is -0.0591. The number of rotatable bonds is 2. The van der Waals surface area contributed by atoms with Crippen LogP contribution in [0.1, 0.15) is 27.5 Å². The number of benzene rings is 2. The number of hydrogen-bond acceptors (Lipinski definition) is 3. The van der Waals surface area contributed by atoms with Crippen LogP contribution in [0.4, 0.5) is 0 Å². The van der Waals surface area contributed by atoms with Crippen LogP contribution in [-0.2, 0) is 0 Å². The Morgan fingerprint density at radius 3 is 2.52 bits per heavy atom. The first-order valence-electron chi connectivity index (χ1n) is 7.74. The molecule has 23 heavy (non-hydrogen) atoms. The van der Waals surface area contributed by atoms with E-state index in [2.05, 4.69) is 30.1 Å². The molecule has 1 amide bonds. The fourth-order valence-corrected chi connectivity index (χ4v) is 3.03. The molecule has 1 atom stereocenters. The number of hydrogen-bond donors (Lipinski definition) is 0. The van der Waals surface area contributed by atoms with Crippen LogP contribution in [0.5, 0.6) is 0 Å². The van der Waals surface area contributed by atoms with Crippen molar-refractivity contribution in [3.63, 3.8) is 0 Å². The Balaban J connectivity index is 1.84. The molecule has 0 radical (unpaired) electrons. The van der Waals surface area contributed by atoms with Gasteiger partial charge in [-0.15, -0.1) is 0 Å². The smallest absolute Gasteiger partial charge is 0.255 e. The van der Waals surface area contributed by atoms with Crippen LogP contribution in [0, 0.1) is 11.3 Å². The topological polar surface area (TPSA) is 47.3 Å². The van der Waals surface area contributed by atoms with Crippen molar-refractivity contribution in [2.24, 2.45) is 0 Å². The summed E-state index contributed by atoms with van der Waals surface area (Å²) in [6.07, 6.45) is 0. The summed E-state index contributed by atoms with van der Waals surface area (Å²) in [4.78, 5) is 16.9. The molecule has 0 aromatic heterocycles. The second kappa shape index (κ2) is 6.64. The van der Waals surface area contributed by atoms with Crippen molar-refractivity contribution in [1.82, 2.24) is 9.80 Å². The van der Waals surface area contributed by atoms with Crippen LogP contribution >= 0.6 is 0 Å². The molecule has 116 valence electrons. The van der Waals surface area contributed by atoms with Crippen molar-refractivity contribution in [1.29, 1.82) is 5.26 Å². The predicted molar refractivity (Wildman–Crippen MR) is 88.9 cm³/mol. The van der Waals surface area contributed by atoms with Gasteiger partial charge in [0.05, 0.1) is 23.2 Å². The van der Waals surface area contributed by atoms with Gasteiger partial charge >= 0.3 is 0 Å². The molecule has 3 rings (SSSR count). The molecule has 0 unspecified atom stereocenters. The SMILES string of the molecule is CN1CCN(C(=O)c2ccccc2C#N)C[C@@H]1c1ccccc1. The summed E-state index contributed by atoms with van der Waals surface area (Å²) in [6, 6.07) is 19.5. The predicted octanol–water partition coefficient (Wildman–Crippen LogP) is 2.69. The van der Waals surface area contributed by atoms with E-state index >= 15 is 0 Å². The molecule has 0 aliphatic carbocycles. The molecule has 4 heteroatoms. The molecule has 1 aliphatic heterocycles. The highest BCUT2D eigenvalue weighted by atomic mass is 16.2. The van der Waals surface area contributed by atoms with Crippen molar-refractivity contribution in [3.8, 4) is 6.07 Å². The zero-order valence-electron chi connectivity index (χ0n) is 13.1. The van der Waals surface area contributed by atoms with Crippen LogP contribution in [0.25, 0.3) is 0 Å². The van der Waals surface area contributed by atoms with E-state index in [1.54, 1.807) is 24.3 Å². The first-order valence-corrected chi connectivity index (χ1v) is 7.74. The van der Waals surface area contributed by atoms with E-state index in [-0.39, 0.29) is 11.9 Å². The zero-order valence-corrected chi connectivity index (χ0v) is 13.1. The average molecular weight is 305 g/mol. The van der Waals surface area contributed by atoms with Gasteiger partial charge in [0.2, 0.25) is 0 Å². The minimum absolute atomic E-state index is 0.0591. The summed E-state index contributed by atoms with van der Waals surface area (Å²) in [5, 5.41) is 9.21. The third-order valence-electron chi connectivity index (χ3n) is 4.40. The summed E-state index contributed by atoms with van der Waals surface area (Å²) in [5.41, 5.74) is 2.14. The maximum absolute atomic E-state index is 12.8. The Hall–Kier alpha value is -2.64. The van der Waals surface area contributed by atoms with Gasteiger partial charge in [0, 0.05) is 19.6 Å². The highest BCUT2D eigenvalue weighted by Crippen LogP contribution is 2.25. The first-order chi connectivity index (χ1) is 11.2. The van der Waals surface area contributed by atoms with Crippen molar-refractivity contribution < 1.29 is 4.79 Å². The lowest BCUT2D eigenvalue weighted by Gasteiger charge is -2.39. The Morgan fingerprint density at radius 1 is 1.09 bits per heavy atom. The zero-order chi connectivity index (χ0) is 16.2. The normalized spacial score (nSPS) is 18.4. The van der Waals surface area contributed by atoms with Crippen LogP contribution in [0.2, 0.25) is 0 Å². The molecule has 1 fully saturated rings. The monoisotopic (exact) mass is 305 g/mol. The summed E-state index contributed by atoms with van der Waals surface area (Å²) >= 11 is 0. The molecule has 0 spiro atoms. The maximum Gasteiger partial charge on any atom is 0.255 e. The molecule has 1 aliphatic rings. The van der Waals surface area contributed by atoms with Gasteiger partial charge in [-0.05, 0) is 24.7 Å². The Kier molecular flexibility index (Phi) is 4.40. The Bertz CT molecular complexity index is 736. The molecule has 2 aromatic rings. The summed E-state index contributed by atoms with van der Waals surface area (Å²) in [7, 11) is 2.09. The first kappa shape index (κ1) is 15.3. The number of amides is 1. The van der Waals surface area contributed by atoms with Gasteiger partial charge in [0.25, 0.3) is 5.91 Å². The minimum Gasteiger partial charge on any atom is -0.335 e. The van der Waals surface area contributed by atoms with E-state index in [9.17, 15) is 10.1 Å². The lowest BCUT2D eigenvalue weighted by atomic mass is 10.0. The third kappa shape index (κ3) is 3.10. The molecule has 1 saturated heterocycles. The largest absolute Gasteiger partial charge is 0.335 e. The number of nitriles is 1. The van der Waals surface area contributed by atoms with E-state index in [1.165, 1.54) is 5.56 Å². The second-order valence-electron chi connectivity index (χ2n) is 5.82. The summed E-state index contributed by atoms with van der Waals surface area (Å²) < 4.78 is 0. The van der Waals surface area contributed by atoms with E-state index < -0.39 is 0 Å². The fourth-order valence-electron chi connectivity index (χ4n) is 3.03. The molecular formula is C19H19N3O. The highest BCUT2D eigenvalue weighted by Gasteiger charge is 2.29. The van der Waals surface area contributed by atoms with Crippen molar-refractivity contribution in [3.05, 3.63) is 71.3 Å². The van der Waals surface area contributed by atoms with Gasteiger partial charge in [-0.2, -0.15) is 5.26 Å². The van der Waals surface area contributed by atoms with Gasteiger partial charge in [-0.3, -0.25) is 9.69 Å². The van der Waals surface area contributed by atoms with Crippen LogP contribution < -0.4 is 0 Å². The van der Waals surface area contributed by atoms with Crippen molar-refractivity contribution in [2.45, 2.75) is 6.04 Å². The molecule has 2 aromatic carbocycles. The van der Waals surface area contributed by atoms with Crippen LogP contribution in [0.3, 0.4) is 0 Å². The van der Waals surface area contributed by atoms with E-state index in [0.717, 1.165) is 6.54 Å². The van der Waals surface area contributed by atoms with Gasteiger partial charge in [-0.25, -0.2) is 0 Å². The standard InChI is InChI=1S/C19H19N3O/c1-21-11-12-22(14-18(21)15-7-3-2-4-8-15)19(23)17-10-6-5-9-16(17)13-20/h2-10,18H,11-12,14H2,1H3/t18-/m1/s1. The fraction of sp³-hybridized carbons (Fsp3) is 0.263. The molecular weight excluding hydrogens is 286 g/mol. The number of nitrogens with zero attached hydrogens (tertiary/aromatic N) is 3. The van der Waals surface area contributed by atoms with Gasteiger partial charge < -0.3 is 4.90 Å². The lowest BCUT2D eigenvalue weighted by molar-refractivity contribution is 0.0546. The number of piperazine rings is 1. The maximum atomic E-state index is 12.8. The molecule has 0 bridgehead atoms. The van der Waals surface area contributed by atoms with Crippen LogP contribution in [0.15, 0.2) is 54.6 Å². The van der Waals surface area contributed by atoms with Crippen molar-refractivity contribution in [2.75, 3.05) is 26.7 Å². The summed E-state index contributed by atoms with van der Waals surface area (Å²) in [6.45, 7) is 2.14. The van der Waals surface area contributed by atoms with E-state index in [4.69, 9.17) is 0 Å². The van der Waals surface area contributed by atoms with E-state index in [1.807, 2.05) is 23.1 Å². The van der Waals surface area contributed by atoms with Gasteiger partial charge in [-0.1, -0.05) is 42.5 Å². The second-order valence-corrected chi connectivity index (χ2v) is 5.82. The Morgan fingerprint density at radius 2 is 1.78 bits per heavy atom.